The number of ether oxygens (including phenoxy) is 1. The van der Waals surface area contributed by atoms with E-state index in [9.17, 15) is 8.78 Å². The Bertz CT molecular complexity index is 368. The third-order valence-electron chi connectivity index (χ3n) is 3.04. The monoisotopic (exact) mass is 256 g/mol. The summed E-state index contributed by atoms with van der Waals surface area (Å²) in [5.41, 5.74) is 4.01. The molecule has 0 bridgehead atoms. The average Bonchev–Trinajstić information content (AvgIpc) is 2.38. The molecule has 100 valence electrons. The Morgan fingerprint density at radius 3 is 2.61 bits per heavy atom. The summed E-state index contributed by atoms with van der Waals surface area (Å²) in [6.45, 7) is -0.236. The van der Waals surface area contributed by atoms with Crippen LogP contribution >= 0.6 is 0 Å². The fraction of sp³-hybridized carbons (Fsp3) is 0.538. The summed E-state index contributed by atoms with van der Waals surface area (Å²) in [7, 11) is 0. The summed E-state index contributed by atoms with van der Waals surface area (Å²) in [4.78, 5) is 0. The van der Waals surface area contributed by atoms with Crippen LogP contribution in [0.2, 0.25) is 0 Å². The van der Waals surface area contributed by atoms with Crippen molar-refractivity contribution in [1.29, 1.82) is 0 Å². The number of hydrazine groups is 1. The lowest BCUT2D eigenvalue weighted by atomic mass is 10.1. The predicted molar refractivity (Wildman–Crippen MR) is 65.3 cm³/mol. The van der Waals surface area contributed by atoms with Crippen molar-refractivity contribution < 1.29 is 13.5 Å². The second kappa shape index (κ2) is 6.66. The Morgan fingerprint density at radius 2 is 1.89 bits per heavy atom. The largest absolute Gasteiger partial charge is 0.434 e. The maximum atomic E-state index is 12.2. The van der Waals surface area contributed by atoms with Gasteiger partial charge in [-0.15, -0.1) is 0 Å². The van der Waals surface area contributed by atoms with Crippen molar-refractivity contribution in [3.63, 3.8) is 0 Å². The zero-order chi connectivity index (χ0) is 12.8. The van der Waals surface area contributed by atoms with E-state index in [1.165, 1.54) is 19.3 Å². The fourth-order valence-corrected chi connectivity index (χ4v) is 2.11. The summed E-state index contributed by atoms with van der Waals surface area (Å²) in [5.74, 6) is 0.247. The van der Waals surface area contributed by atoms with Gasteiger partial charge in [0.1, 0.15) is 5.75 Å². The highest BCUT2D eigenvalue weighted by Crippen LogP contribution is 2.20. The van der Waals surface area contributed by atoms with E-state index < -0.39 is 6.61 Å². The quantitative estimate of drug-likeness (QED) is 0.876. The van der Waals surface area contributed by atoms with Gasteiger partial charge in [0.25, 0.3) is 0 Å². The number of hydrogen-bond donors (Lipinski definition) is 1. The van der Waals surface area contributed by atoms with Gasteiger partial charge in [-0.2, -0.15) is 8.78 Å². The van der Waals surface area contributed by atoms with E-state index in [4.69, 9.17) is 0 Å². The van der Waals surface area contributed by atoms with Gasteiger partial charge in [-0.05, 0) is 18.9 Å². The zero-order valence-electron chi connectivity index (χ0n) is 10.2. The molecule has 0 spiro atoms. The van der Waals surface area contributed by atoms with Gasteiger partial charge < -0.3 is 4.74 Å². The van der Waals surface area contributed by atoms with Crippen LogP contribution in [0.1, 0.15) is 24.8 Å². The third kappa shape index (κ3) is 3.92. The van der Waals surface area contributed by atoms with Crippen LogP contribution in [-0.2, 0) is 6.54 Å². The Labute approximate surface area is 106 Å². The summed E-state index contributed by atoms with van der Waals surface area (Å²) in [6.07, 6.45) is 3.63. The van der Waals surface area contributed by atoms with Crippen molar-refractivity contribution in [2.24, 2.45) is 0 Å². The van der Waals surface area contributed by atoms with Gasteiger partial charge >= 0.3 is 6.61 Å². The van der Waals surface area contributed by atoms with Crippen LogP contribution in [0.25, 0.3) is 0 Å². The van der Waals surface area contributed by atoms with Crippen molar-refractivity contribution in [1.82, 2.24) is 10.4 Å². The van der Waals surface area contributed by atoms with E-state index in [0.29, 0.717) is 6.54 Å². The van der Waals surface area contributed by atoms with Crippen molar-refractivity contribution in [3.05, 3.63) is 29.8 Å². The molecular weight excluding hydrogens is 238 g/mol. The van der Waals surface area contributed by atoms with Crippen LogP contribution < -0.4 is 10.2 Å². The minimum atomic E-state index is -2.78. The lowest BCUT2D eigenvalue weighted by molar-refractivity contribution is -0.0506. The normalized spacial score (nSPS) is 17.1. The van der Waals surface area contributed by atoms with Crippen molar-refractivity contribution in [2.45, 2.75) is 32.4 Å². The molecule has 1 aromatic carbocycles. The van der Waals surface area contributed by atoms with Crippen LogP contribution in [0.3, 0.4) is 0 Å². The first-order valence-corrected chi connectivity index (χ1v) is 6.27. The molecule has 0 aromatic heterocycles. The number of halogens is 2. The van der Waals surface area contributed by atoms with Crippen LogP contribution in [0.15, 0.2) is 24.3 Å². The lowest BCUT2D eigenvalue weighted by Crippen LogP contribution is -2.41. The molecule has 18 heavy (non-hydrogen) atoms. The Kier molecular flexibility index (Phi) is 4.90. The van der Waals surface area contributed by atoms with Gasteiger partial charge in [-0.3, -0.25) is 5.43 Å². The molecule has 1 heterocycles. The molecule has 0 amide bonds. The maximum absolute atomic E-state index is 12.2. The van der Waals surface area contributed by atoms with Gasteiger partial charge in [0.15, 0.2) is 0 Å². The lowest BCUT2D eigenvalue weighted by Gasteiger charge is -2.27. The first-order chi connectivity index (χ1) is 8.75. The topological polar surface area (TPSA) is 24.5 Å². The Balaban J connectivity index is 1.91. The molecule has 1 saturated heterocycles. The van der Waals surface area contributed by atoms with Crippen LogP contribution in [-0.4, -0.2) is 24.7 Å². The van der Waals surface area contributed by atoms with Crippen LogP contribution in [0.4, 0.5) is 8.78 Å². The molecule has 1 aliphatic rings. The molecule has 3 nitrogen and oxygen atoms in total. The number of benzene rings is 1. The van der Waals surface area contributed by atoms with Crippen molar-refractivity contribution >= 4 is 0 Å². The molecule has 0 aliphatic carbocycles. The molecule has 1 fully saturated rings. The summed E-state index contributed by atoms with van der Waals surface area (Å²) < 4.78 is 29.0. The predicted octanol–water partition coefficient (Wildman–Crippen LogP) is 2.78. The van der Waals surface area contributed by atoms with E-state index in [-0.39, 0.29) is 5.75 Å². The molecule has 1 N–H and O–H groups in total. The average molecular weight is 256 g/mol. The second-order valence-electron chi connectivity index (χ2n) is 4.37. The Morgan fingerprint density at radius 1 is 1.17 bits per heavy atom. The molecule has 0 unspecified atom stereocenters. The maximum Gasteiger partial charge on any atom is 0.387 e. The van der Waals surface area contributed by atoms with Crippen molar-refractivity contribution in [3.8, 4) is 5.75 Å². The molecule has 0 atom stereocenters. The first kappa shape index (κ1) is 13.2. The first-order valence-electron chi connectivity index (χ1n) is 6.27. The smallest absolute Gasteiger partial charge is 0.387 e. The van der Waals surface area contributed by atoms with E-state index in [2.05, 4.69) is 15.2 Å². The van der Waals surface area contributed by atoms with Gasteiger partial charge in [0.2, 0.25) is 0 Å². The van der Waals surface area contributed by atoms with E-state index in [0.717, 1.165) is 18.7 Å². The fourth-order valence-electron chi connectivity index (χ4n) is 2.11. The van der Waals surface area contributed by atoms with Gasteiger partial charge in [0, 0.05) is 25.2 Å². The number of nitrogens with one attached hydrogen (secondary N) is 1. The van der Waals surface area contributed by atoms with E-state index in [1.54, 1.807) is 18.2 Å². The summed E-state index contributed by atoms with van der Waals surface area (Å²) in [6, 6.07) is 6.89. The molecule has 0 saturated carbocycles. The molecule has 2 rings (SSSR count). The standard InChI is InChI=1S/C13H18F2N2O/c14-13(15)18-12-7-3-2-6-11(12)10-16-17-8-4-1-5-9-17/h2-3,6-7,13,16H,1,4-5,8-10H2. The van der Waals surface area contributed by atoms with Gasteiger partial charge in [-0.1, -0.05) is 24.6 Å². The van der Waals surface area contributed by atoms with Crippen molar-refractivity contribution in [2.75, 3.05) is 13.1 Å². The highest BCUT2D eigenvalue weighted by molar-refractivity contribution is 5.33. The minimum absolute atomic E-state index is 0.247. The number of rotatable bonds is 5. The number of para-hydroxylation sites is 1. The third-order valence-corrected chi connectivity index (χ3v) is 3.04. The second-order valence-corrected chi connectivity index (χ2v) is 4.37. The molecular formula is C13H18F2N2O. The van der Waals surface area contributed by atoms with Gasteiger partial charge in [-0.25, -0.2) is 5.01 Å². The van der Waals surface area contributed by atoms with E-state index >= 15 is 0 Å². The molecule has 0 radical (unpaired) electrons. The minimum Gasteiger partial charge on any atom is -0.434 e. The number of alkyl halides is 2. The molecule has 5 heteroatoms. The Hall–Kier alpha value is -1.20. The molecule has 1 aliphatic heterocycles. The summed E-state index contributed by atoms with van der Waals surface area (Å²) >= 11 is 0. The zero-order valence-corrected chi connectivity index (χ0v) is 10.2. The highest BCUT2D eigenvalue weighted by Gasteiger charge is 2.12. The summed E-state index contributed by atoms with van der Waals surface area (Å²) in [5, 5.41) is 2.14. The SMILES string of the molecule is FC(F)Oc1ccccc1CNN1CCCCC1. The molecule has 1 aromatic rings. The highest BCUT2D eigenvalue weighted by atomic mass is 19.3. The number of piperidine rings is 1. The van der Waals surface area contributed by atoms with Crippen LogP contribution in [0, 0.1) is 0 Å². The number of nitrogens with zero attached hydrogens (tertiary/aromatic N) is 1. The van der Waals surface area contributed by atoms with Gasteiger partial charge in [0.05, 0.1) is 0 Å². The van der Waals surface area contributed by atoms with Crippen LogP contribution in [0.5, 0.6) is 5.75 Å². The number of hydrogen-bond acceptors (Lipinski definition) is 3. The van der Waals surface area contributed by atoms with E-state index in [1.807, 2.05) is 6.07 Å².